The number of carbonyl (C=O) groups is 1. The van der Waals surface area contributed by atoms with E-state index in [0.717, 1.165) is 0 Å². The van der Waals surface area contributed by atoms with Crippen molar-refractivity contribution in [1.82, 2.24) is 5.09 Å². The molecule has 22 heavy (non-hydrogen) atoms. The number of nitro benzene ring substituents is 1. The molecule has 10 heteroatoms. The number of hydrogen-bond donors (Lipinski definition) is 2. The number of hydrogen-bond acceptors (Lipinski definition) is 6. The number of carboxylic acid groups (broad SMARTS) is 1. The molecule has 0 heterocycles. The summed E-state index contributed by atoms with van der Waals surface area (Å²) in [5, 5.41) is 22.2. The summed E-state index contributed by atoms with van der Waals surface area (Å²) >= 11 is 5.27. The zero-order valence-electron chi connectivity index (χ0n) is 12.1. The molecule has 1 atom stereocenters. The van der Waals surface area contributed by atoms with Crippen molar-refractivity contribution in [2.45, 2.75) is 19.8 Å². The Morgan fingerprint density at radius 1 is 1.55 bits per heavy atom. The first-order valence-electron chi connectivity index (χ1n) is 6.35. The van der Waals surface area contributed by atoms with E-state index in [9.17, 15) is 14.9 Å². The van der Waals surface area contributed by atoms with Gasteiger partial charge in [-0.25, -0.2) is 5.09 Å². The number of carboxylic acids is 1. The third-order valence-corrected chi connectivity index (χ3v) is 5.30. The van der Waals surface area contributed by atoms with Gasteiger partial charge in [0.2, 0.25) is 0 Å². The smallest absolute Gasteiger partial charge is 0.312 e. The molecule has 0 fully saturated rings. The van der Waals surface area contributed by atoms with Gasteiger partial charge in [-0.05, 0) is 37.3 Å². The first-order valence-corrected chi connectivity index (χ1v) is 8.98. The number of rotatable bonds is 9. The van der Waals surface area contributed by atoms with Gasteiger partial charge < -0.3 is 14.2 Å². The van der Waals surface area contributed by atoms with Crippen LogP contribution in [0.3, 0.4) is 0 Å². The maximum atomic E-state index is 10.8. The van der Waals surface area contributed by atoms with Crippen LogP contribution in [-0.4, -0.2) is 29.7 Å². The van der Waals surface area contributed by atoms with Crippen LogP contribution in [0.2, 0.25) is 0 Å². The zero-order chi connectivity index (χ0) is 16.8. The summed E-state index contributed by atoms with van der Waals surface area (Å²) in [6, 6.07) is 4.30. The molecule has 122 valence electrons. The van der Waals surface area contributed by atoms with Gasteiger partial charge in [0.05, 0.1) is 4.92 Å². The molecular weight excluding hydrogens is 331 g/mol. The quantitative estimate of drug-likeness (QED) is 0.303. The van der Waals surface area contributed by atoms with Crippen molar-refractivity contribution >= 4 is 30.1 Å². The fourth-order valence-corrected chi connectivity index (χ4v) is 3.24. The number of nitrogens with zero attached hydrogens (tertiary/aromatic N) is 1. The van der Waals surface area contributed by atoms with Crippen molar-refractivity contribution in [3.8, 4) is 5.75 Å². The average molecular weight is 348 g/mol. The minimum absolute atomic E-state index is 0.00696. The molecular formula is C12H17N2O6PS. The monoisotopic (exact) mass is 348 g/mol. The van der Waals surface area contributed by atoms with Crippen LogP contribution in [0.4, 0.5) is 5.69 Å². The van der Waals surface area contributed by atoms with E-state index in [4.69, 9.17) is 26.0 Å². The van der Waals surface area contributed by atoms with Crippen LogP contribution in [-0.2, 0) is 21.1 Å². The molecule has 1 aromatic carbocycles. The summed E-state index contributed by atoms with van der Waals surface area (Å²) in [5.74, 6) is -0.529. The van der Waals surface area contributed by atoms with Crippen molar-refractivity contribution in [2.75, 3.05) is 13.7 Å². The van der Waals surface area contributed by atoms with Crippen molar-refractivity contribution in [3.63, 3.8) is 0 Å². The van der Waals surface area contributed by atoms with Crippen LogP contribution in [0.25, 0.3) is 0 Å². The van der Waals surface area contributed by atoms with E-state index in [2.05, 4.69) is 5.09 Å². The number of aliphatic carboxylic acids is 1. The summed E-state index contributed by atoms with van der Waals surface area (Å²) in [4.78, 5) is 20.7. The fourth-order valence-electron chi connectivity index (χ4n) is 1.62. The summed E-state index contributed by atoms with van der Waals surface area (Å²) in [7, 11) is 1.39. The SMILES string of the molecule is COP(=S)(NCCCC(=O)O)Oc1ccc([N+](=O)[O-])c(C)c1. The Balaban J connectivity index is 2.72. The third kappa shape index (κ3) is 5.69. The average Bonchev–Trinajstić information content (AvgIpc) is 2.43. The van der Waals surface area contributed by atoms with Gasteiger partial charge in [-0.3, -0.25) is 14.9 Å². The molecule has 8 nitrogen and oxygen atoms in total. The second-order valence-electron chi connectivity index (χ2n) is 4.38. The van der Waals surface area contributed by atoms with E-state index in [0.29, 0.717) is 24.3 Å². The van der Waals surface area contributed by atoms with Gasteiger partial charge in [0.1, 0.15) is 5.75 Å². The summed E-state index contributed by atoms with van der Waals surface area (Å²) in [5.41, 5.74) is 0.443. The molecule has 2 N–H and O–H groups in total. The van der Waals surface area contributed by atoms with Crippen molar-refractivity contribution in [3.05, 3.63) is 33.9 Å². The van der Waals surface area contributed by atoms with Crippen molar-refractivity contribution in [2.24, 2.45) is 0 Å². The number of aryl methyl sites for hydroxylation is 1. The molecule has 0 aromatic heterocycles. The minimum Gasteiger partial charge on any atom is -0.481 e. The van der Waals surface area contributed by atoms with Crippen molar-refractivity contribution in [1.29, 1.82) is 0 Å². The highest BCUT2D eigenvalue weighted by Crippen LogP contribution is 2.44. The topological polar surface area (TPSA) is 111 Å². The Hall–Kier alpha value is -1.54. The summed E-state index contributed by atoms with van der Waals surface area (Å²) in [6.45, 7) is -0.885. The molecule has 1 unspecified atom stereocenters. The minimum atomic E-state index is -2.82. The lowest BCUT2D eigenvalue weighted by molar-refractivity contribution is -0.385. The van der Waals surface area contributed by atoms with Gasteiger partial charge in [0.25, 0.3) is 5.69 Å². The second kappa shape index (κ2) is 8.19. The molecule has 0 saturated heterocycles. The van der Waals surface area contributed by atoms with Gasteiger partial charge >= 0.3 is 12.6 Å². The molecule has 0 aliphatic heterocycles. The van der Waals surface area contributed by atoms with Crippen LogP contribution < -0.4 is 9.61 Å². The first-order chi connectivity index (χ1) is 10.3. The maximum Gasteiger partial charge on any atom is 0.312 e. The Morgan fingerprint density at radius 3 is 2.73 bits per heavy atom. The number of nitrogens with one attached hydrogen (secondary N) is 1. The van der Waals surface area contributed by atoms with Crippen LogP contribution in [0.5, 0.6) is 5.75 Å². The normalized spacial score (nSPS) is 13.4. The Kier molecular flexibility index (Phi) is 6.89. The molecule has 0 radical (unpaired) electrons. The standard InChI is InChI=1S/C12H17N2O6PS/c1-9-8-10(5-6-11(9)14(17)18)20-21(22,19-2)13-7-3-4-12(15)16/h5-6,8H,3-4,7H2,1-2H3,(H,13,22)(H,15,16). The van der Waals surface area contributed by atoms with E-state index < -0.39 is 17.5 Å². The number of nitro groups is 1. The van der Waals surface area contributed by atoms with Gasteiger partial charge in [-0.2, -0.15) is 0 Å². The van der Waals surface area contributed by atoms with Crippen LogP contribution in [0.15, 0.2) is 18.2 Å². The van der Waals surface area contributed by atoms with Gasteiger partial charge in [-0.15, -0.1) is 0 Å². The molecule has 1 aromatic rings. The summed E-state index contributed by atoms with van der Waals surface area (Å²) in [6.07, 6.45) is 0.405. The molecule has 0 amide bonds. The lowest BCUT2D eigenvalue weighted by Gasteiger charge is -2.22. The molecule has 0 saturated carbocycles. The molecule has 1 rings (SSSR count). The Morgan fingerprint density at radius 2 is 2.23 bits per heavy atom. The predicted octanol–water partition coefficient (Wildman–Crippen LogP) is 2.61. The fraction of sp³-hybridized carbons (Fsp3) is 0.417. The van der Waals surface area contributed by atoms with Crippen LogP contribution >= 0.6 is 6.64 Å². The second-order valence-corrected chi connectivity index (χ2v) is 7.68. The lowest BCUT2D eigenvalue weighted by Crippen LogP contribution is -2.17. The van der Waals surface area contributed by atoms with E-state index in [-0.39, 0.29) is 12.1 Å². The van der Waals surface area contributed by atoms with E-state index in [1.165, 1.54) is 25.3 Å². The highest BCUT2D eigenvalue weighted by atomic mass is 32.5. The molecule has 0 aliphatic carbocycles. The lowest BCUT2D eigenvalue weighted by atomic mass is 10.2. The largest absolute Gasteiger partial charge is 0.481 e. The Labute approximate surface area is 132 Å². The zero-order valence-corrected chi connectivity index (χ0v) is 13.9. The van der Waals surface area contributed by atoms with E-state index >= 15 is 0 Å². The van der Waals surface area contributed by atoms with Gasteiger partial charge in [0.15, 0.2) is 0 Å². The van der Waals surface area contributed by atoms with Crippen molar-refractivity contribution < 1.29 is 23.9 Å². The van der Waals surface area contributed by atoms with Gasteiger partial charge in [0, 0.05) is 31.7 Å². The van der Waals surface area contributed by atoms with E-state index in [1.54, 1.807) is 6.92 Å². The molecule has 0 aliphatic rings. The van der Waals surface area contributed by atoms with Crippen LogP contribution in [0, 0.1) is 17.0 Å². The van der Waals surface area contributed by atoms with E-state index in [1.807, 2.05) is 0 Å². The Bertz CT molecular complexity index is 609. The highest BCUT2D eigenvalue weighted by Gasteiger charge is 2.20. The first kappa shape index (κ1) is 18.5. The molecule has 0 bridgehead atoms. The highest BCUT2D eigenvalue weighted by molar-refractivity contribution is 8.09. The summed E-state index contributed by atoms with van der Waals surface area (Å²) < 4.78 is 10.8. The van der Waals surface area contributed by atoms with Gasteiger partial charge in [-0.1, -0.05) is 0 Å². The maximum absolute atomic E-state index is 10.8. The third-order valence-electron chi connectivity index (χ3n) is 2.70. The van der Waals surface area contributed by atoms with Crippen LogP contribution in [0.1, 0.15) is 18.4 Å². The number of benzene rings is 1. The molecule has 0 spiro atoms. The predicted molar refractivity (Wildman–Crippen MR) is 84.6 cm³/mol.